The molecule has 4 saturated carbocycles. The molecule has 6 heteroatoms. The maximum Gasteiger partial charge on any atom is 0.292 e. The zero-order chi connectivity index (χ0) is 20.9. The minimum absolute atomic E-state index is 0.211. The Labute approximate surface area is 180 Å². The Balaban J connectivity index is 1.37. The molecule has 1 saturated heterocycles. The van der Waals surface area contributed by atoms with Crippen LogP contribution < -0.4 is 10.2 Å². The molecule has 0 aromatic heterocycles. The Morgan fingerprint density at radius 2 is 1.70 bits per heavy atom. The van der Waals surface area contributed by atoms with Gasteiger partial charge >= 0.3 is 0 Å². The van der Waals surface area contributed by atoms with Crippen LogP contribution in [0.4, 0.5) is 17.1 Å². The number of benzene rings is 1. The van der Waals surface area contributed by atoms with E-state index in [0.717, 1.165) is 56.2 Å². The van der Waals surface area contributed by atoms with E-state index in [0.29, 0.717) is 11.1 Å². The van der Waals surface area contributed by atoms with E-state index >= 15 is 0 Å². The molecule has 6 nitrogen and oxygen atoms in total. The highest BCUT2D eigenvalue weighted by molar-refractivity contribution is 5.69. The van der Waals surface area contributed by atoms with Crippen LogP contribution in [0, 0.1) is 33.3 Å². The van der Waals surface area contributed by atoms with Crippen LogP contribution in [0.5, 0.6) is 0 Å². The molecule has 4 bridgehead atoms. The predicted molar refractivity (Wildman–Crippen MR) is 121 cm³/mol. The average Bonchev–Trinajstić information content (AvgIpc) is 2.72. The molecular weight excluding hydrogens is 376 g/mol. The molecule has 1 N–H and O–H groups in total. The lowest BCUT2D eigenvalue weighted by molar-refractivity contribution is -0.384. The van der Waals surface area contributed by atoms with Crippen molar-refractivity contribution < 1.29 is 4.92 Å². The van der Waals surface area contributed by atoms with Crippen molar-refractivity contribution in [3.63, 3.8) is 0 Å². The molecule has 164 valence electrons. The molecule has 1 aliphatic heterocycles. The Morgan fingerprint density at radius 3 is 2.23 bits per heavy atom. The number of likely N-dealkylation sites (N-methyl/N-ethyl adjacent to an activating group) is 1. The standard InChI is InChI=1S/C24H36N4O2/c1-3-26-6-8-27(9-7-26)21-4-5-23(28(29)30)22(13-21)25-17(2)24-14-18-10-19(15-24)12-20(11-18)16-24/h4-5,13,17-20,25H,3,6-12,14-16H2,1-2H3/t17-,18?,19?,20?,24?/m0/s1. The summed E-state index contributed by atoms with van der Waals surface area (Å²) in [6.45, 7) is 9.65. The van der Waals surface area contributed by atoms with E-state index in [-0.39, 0.29) is 16.7 Å². The predicted octanol–water partition coefficient (Wildman–Crippen LogP) is 4.75. The van der Waals surface area contributed by atoms with Gasteiger partial charge in [0.05, 0.1) is 4.92 Å². The van der Waals surface area contributed by atoms with E-state index < -0.39 is 0 Å². The molecule has 1 aromatic rings. The van der Waals surface area contributed by atoms with Gasteiger partial charge in [0.1, 0.15) is 5.69 Å². The second-order valence-electron chi connectivity index (χ2n) is 10.5. The largest absolute Gasteiger partial charge is 0.376 e. The summed E-state index contributed by atoms with van der Waals surface area (Å²) in [7, 11) is 0. The Hall–Kier alpha value is -1.82. The number of nitrogens with zero attached hydrogens (tertiary/aromatic N) is 3. The minimum Gasteiger partial charge on any atom is -0.376 e. The summed E-state index contributed by atoms with van der Waals surface area (Å²) >= 11 is 0. The summed E-state index contributed by atoms with van der Waals surface area (Å²) in [5, 5.41) is 15.4. The molecule has 6 rings (SSSR count). The van der Waals surface area contributed by atoms with Crippen molar-refractivity contribution in [2.24, 2.45) is 23.2 Å². The van der Waals surface area contributed by atoms with Gasteiger partial charge in [-0.1, -0.05) is 6.92 Å². The molecular formula is C24H36N4O2. The second-order valence-corrected chi connectivity index (χ2v) is 10.5. The monoisotopic (exact) mass is 412 g/mol. The number of hydrogen-bond donors (Lipinski definition) is 1. The van der Waals surface area contributed by atoms with Gasteiger partial charge in [0, 0.05) is 44.0 Å². The van der Waals surface area contributed by atoms with Crippen LogP contribution in [0.2, 0.25) is 0 Å². The summed E-state index contributed by atoms with van der Waals surface area (Å²) in [6, 6.07) is 5.95. The van der Waals surface area contributed by atoms with E-state index in [2.05, 4.69) is 29.0 Å². The van der Waals surface area contributed by atoms with Crippen molar-refractivity contribution in [3.8, 4) is 0 Å². The Kier molecular flexibility index (Phi) is 5.16. The fourth-order valence-electron chi connectivity index (χ4n) is 7.41. The molecule has 4 aliphatic carbocycles. The van der Waals surface area contributed by atoms with Crippen molar-refractivity contribution in [2.75, 3.05) is 42.9 Å². The van der Waals surface area contributed by atoms with E-state index in [9.17, 15) is 10.1 Å². The number of nitro groups is 1. The SMILES string of the molecule is CCN1CCN(c2ccc([N+](=O)[O-])c(N[C@@H](C)C34CC5CC(CC(C5)C3)C4)c2)CC1. The molecule has 1 heterocycles. The highest BCUT2D eigenvalue weighted by atomic mass is 16.6. The van der Waals surface area contributed by atoms with E-state index in [1.165, 1.54) is 38.5 Å². The van der Waals surface area contributed by atoms with Gasteiger partial charge in [0.2, 0.25) is 0 Å². The molecule has 0 spiro atoms. The minimum atomic E-state index is -0.229. The lowest BCUT2D eigenvalue weighted by Crippen LogP contribution is -2.53. The van der Waals surface area contributed by atoms with Gasteiger partial charge in [-0.05, 0) is 87.3 Å². The van der Waals surface area contributed by atoms with Crippen LogP contribution in [-0.4, -0.2) is 48.6 Å². The third kappa shape index (κ3) is 3.57. The second kappa shape index (κ2) is 7.70. The first-order valence-electron chi connectivity index (χ1n) is 12.0. The first-order valence-corrected chi connectivity index (χ1v) is 12.0. The van der Waals surface area contributed by atoms with Crippen LogP contribution in [0.1, 0.15) is 52.4 Å². The Bertz CT molecular complexity index is 767. The van der Waals surface area contributed by atoms with E-state index in [4.69, 9.17) is 0 Å². The summed E-state index contributed by atoms with van der Waals surface area (Å²) in [6.07, 6.45) is 8.18. The van der Waals surface area contributed by atoms with Gasteiger partial charge in [-0.15, -0.1) is 0 Å². The van der Waals surface area contributed by atoms with Crippen LogP contribution in [-0.2, 0) is 0 Å². The highest BCUT2D eigenvalue weighted by Crippen LogP contribution is 2.61. The Morgan fingerprint density at radius 1 is 1.10 bits per heavy atom. The van der Waals surface area contributed by atoms with Gasteiger partial charge in [-0.25, -0.2) is 0 Å². The molecule has 1 aromatic carbocycles. The first-order chi connectivity index (χ1) is 14.5. The zero-order valence-corrected chi connectivity index (χ0v) is 18.5. The molecule has 0 unspecified atom stereocenters. The van der Waals surface area contributed by atoms with E-state index in [1.54, 1.807) is 6.07 Å². The zero-order valence-electron chi connectivity index (χ0n) is 18.5. The first kappa shape index (κ1) is 20.1. The van der Waals surface area contributed by atoms with Crippen LogP contribution in [0.25, 0.3) is 0 Å². The summed E-state index contributed by atoms with van der Waals surface area (Å²) < 4.78 is 0. The van der Waals surface area contributed by atoms with Crippen molar-refractivity contribution in [2.45, 2.75) is 58.4 Å². The number of anilines is 2. The smallest absolute Gasteiger partial charge is 0.292 e. The highest BCUT2D eigenvalue weighted by Gasteiger charge is 2.53. The van der Waals surface area contributed by atoms with Crippen LogP contribution >= 0.6 is 0 Å². The third-order valence-corrected chi connectivity index (χ3v) is 8.74. The molecule has 30 heavy (non-hydrogen) atoms. The fraction of sp³-hybridized carbons (Fsp3) is 0.750. The maximum absolute atomic E-state index is 11.8. The van der Waals surface area contributed by atoms with Crippen molar-refractivity contribution >= 4 is 17.1 Å². The molecule has 0 radical (unpaired) electrons. The summed E-state index contributed by atoms with van der Waals surface area (Å²) in [5.74, 6) is 2.66. The third-order valence-electron chi connectivity index (χ3n) is 8.74. The quantitative estimate of drug-likeness (QED) is 0.539. The number of nitrogens with one attached hydrogen (secondary N) is 1. The van der Waals surface area contributed by atoms with Gasteiger partial charge in [0.25, 0.3) is 5.69 Å². The van der Waals surface area contributed by atoms with Crippen LogP contribution in [0.3, 0.4) is 0 Å². The van der Waals surface area contributed by atoms with Gasteiger partial charge in [-0.3, -0.25) is 10.1 Å². The van der Waals surface area contributed by atoms with Crippen molar-refractivity contribution in [3.05, 3.63) is 28.3 Å². The molecule has 5 fully saturated rings. The number of hydrogen-bond acceptors (Lipinski definition) is 5. The van der Waals surface area contributed by atoms with Crippen molar-refractivity contribution in [1.82, 2.24) is 4.90 Å². The number of nitro benzene ring substituents is 1. The number of piperazine rings is 1. The lowest BCUT2D eigenvalue weighted by atomic mass is 9.48. The van der Waals surface area contributed by atoms with Crippen molar-refractivity contribution in [1.29, 1.82) is 0 Å². The van der Waals surface area contributed by atoms with Gasteiger partial charge < -0.3 is 15.1 Å². The average molecular weight is 413 g/mol. The molecule has 0 amide bonds. The van der Waals surface area contributed by atoms with E-state index in [1.807, 2.05) is 12.1 Å². The van der Waals surface area contributed by atoms with Crippen LogP contribution in [0.15, 0.2) is 18.2 Å². The molecule has 1 atom stereocenters. The fourth-order valence-corrected chi connectivity index (χ4v) is 7.41. The van der Waals surface area contributed by atoms with Gasteiger partial charge in [-0.2, -0.15) is 0 Å². The normalized spacial score (nSPS) is 34.2. The lowest BCUT2D eigenvalue weighted by Gasteiger charge is -2.59. The molecule has 5 aliphatic rings. The summed E-state index contributed by atoms with van der Waals surface area (Å²) in [4.78, 5) is 16.4. The van der Waals surface area contributed by atoms with Gasteiger partial charge in [0.15, 0.2) is 0 Å². The number of rotatable bonds is 6. The maximum atomic E-state index is 11.8. The summed E-state index contributed by atoms with van der Waals surface area (Å²) in [5.41, 5.74) is 2.35. The topological polar surface area (TPSA) is 61.7 Å².